The van der Waals surface area contributed by atoms with E-state index in [2.05, 4.69) is 5.32 Å². The number of halogens is 4. The van der Waals surface area contributed by atoms with Gasteiger partial charge in [0.15, 0.2) is 0 Å². The molecule has 0 aromatic heterocycles. The molecule has 7 nitrogen and oxygen atoms in total. The summed E-state index contributed by atoms with van der Waals surface area (Å²) < 4.78 is 26.5. The number of likely N-dealkylation sites (N-methyl/N-ethyl adjacent to an activating group) is 1. The van der Waals surface area contributed by atoms with Crippen LogP contribution in [0.25, 0.3) is 0 Å². The van der Waals surface area contributed by atoms with Crippen molar-refractivity contribution in [3.63, 3.8) is 0 Å². The molecule has 3 rings (SSSR count). The second kappa shape index (κ2) is 13.0. The van der Waals surface area contributed by atoms with Crippen LogP contribution < -0.4 is 9.62 Å². The summed E-state index contributed by atoms with van der Waals surface area (Å²) in [5, 5.41) is 3.51. The van der Waals surface area contributed by atoms with Gasteiger partial charge >= 0.3 is 0 Å². The van der Waals surface area contributed by atoms with Crippen molar-refractivity contribution < 1.29 is 18.0 Å². The second-order valence-electron chi connectivity index (χ2n) is 8.41. The lowest BCUT2D eigenvalue weighted by Crippen LogP contribution is -2.53. The van der Waals surface area contributed by atoms with E-state index in [1.165, 1.54) is 30.1 Å². The standard InChI is InChI=1S/C26H25Cl4N3O4S/c1-31-26(35)24(13-17-7-4-3-5-8-17)32(15-19-20(28)9-6-10-21(19)29)25(34)16-33(38(2,36)37)23-14-18(27)11-12-22(23)30/h3-12,14,24H,13,15-16H2,1-2H3,(H,31,35). The van der Waals surface area contributed by atoms with Gasteiger partial charge in [-0.3, -0.25) is 13.9 Å². The zero-order chi connectivity index (χ0) is 28.0. The van der Waals surface area contributed by atoms with E-state index < -0.39 is 34.4 Å². The molecule has 0 aliphatic heterocycles. The molecular formula is C26H25Cl4N3O4S. The molecule has 12 heteroatoms. The first-order chi connectivity index (χ1) is 17.9. The van der Waals surface area contributed by atoms with Crippen molar-refractivity contribution in [3.8, 4) is 0 Å². The number of carbonyl (C=O) groups is 2. The van der Waals surface area contributed by atoms with E-state index in [9.17, 15) is 18.0 Å². The van der Waals surface area contributed by atoms with E-state index in [1.807, 2.05) is 30.3 Å². The molecule has 202 valence electrons. The molecule has 1 unspecified atom stereocenters. The number of rotatable bonds is 10. The molecule has 0 bridgehead atoms. The van der Waals surface area contributed by atoms with Crippen LogP contribution in [0.4, 0.5) is 5.69 Å². The van der Waals surface area contributed by atoms with Crippen LogP contribution in [0.15, 0.2) is 66.7 Å². The number of nitrogens with one attached hydrogen (secondary N) is 1. The fraction of sp³-hybridized carbons (Fsp3) is 0.231. The van der Waals surface area contributed by atoms with E-state index in [0.717, 1.165) is 16.1 Å². The third kappa shape index (κ3) is 7.55. The Morgan fingerprint density at radius 3 is 2.11 bits per heavy atom. The molecule has 0 saturated heterocycles. The van der Waals surface area contributed by atoms with E-state index in [4.69, 9.17) is 46.4 Å². The Morgan fingerprint density at radius 2 is 1.53 bits per heavy atom. The fourth-order valence-corrected chi connectivity index (χ4v) is 5.65. The van der Waals surface area contributed by atoms with Gasteiger partial charge in [0.25, 0.3) is 0 Å². The highest BCUT2D eigenvalue weighted by atomic mass is 35.5. The molecule has 1 atom stereocenters. The van der Waals surface area contributed by atoms with Crippen molar-refractivity contribution in [1.29, 1.82) is 0 Å². The molecular weight excluding hydrogens is 592 g/mol. The van der Waals surface area contributed by atoms with E-state index in [-0.39, 0.29) is 28.7 Å². The second-order valence-corrected chi connectivity index (χ2v) is 12.0. The third-order valence-corrected chi connectivity index (χ3v) is 8.15. The molecule has 0 aliphatic rings. The predicted octanol–water partition coefficient (Wildman–Crippen LogP) is 5.45. The van der Waals surface area contributed by atoms with Gasteiger partial charge < -0.3 is 10.2 Å². The third-order valence-electron chi connectivity index (χ3n) is 5.76. The number of carbonyl (C=O) groups excluding carboxylic acids is 2. The summed E-state index contributed by atoms with van der Waals surface area (Å²) in [6.07, 6.45) is 1.11. The fourth-order valence-electron chi connectivity index (χ4n) is 3.85. The monoisotopic (exact) mass is 615 g/mol. The molecule has 0 spiro atoms. The average molecular weight is 617 g/mol. The summed E-state index contributed by atoms with van der Waals surface area (Å²) in [7, 11) is -2.54. The van der Waals surface area contributed by atoms with Crippen LogP contribution in [0.3, 0.4) is 0 Å². The van der Waals surface area contributed by atoms with Crippen molar-refractivity contribution in [2.45, 2.75) is 19.0 Å². The Morgan fingerprint density at radius 1 is 0.895 bits per heavy atom. The summed E-state index contributed by atoms with van der Waals surface area (Å²) in [6, 6.07) is 17.3. The molecule has 38 heavy (non-hydrogen) atoms. The number of amides is 2. The van der Waals surface area contributed by atoms with Crippen molar-refractivity contribution in [2.75, 3.05) is 24.2 Å². The van der Waals surface area contributed by atoms with E-state index in [1.54, 1.807) is 18.2 Å². The topological polar surface area (TPSA) is 86.8 Å². The van der Waals surface area contributed by atoms with Crippen molar-refractivity contribution >= 4 is 73.9 Å². The Hall–Kier alpha value is -2.49. The minimum Gasteiger partial charge on any atom is -0.357 e. The minimum atomic E-state index is -4.00. The van der Waals surface area contributed by atoms with Gasteiger partial charge in [0, 0.05) is 40.6 Å². The van der Waals surface area contributed by atoms with Crippen molar-refractivity contribution in [2.24, 2.45) is 0 Å². The van der Waals surface area contributed by atoms with Gasteiger partial charge in [0.1, 0.15) is 12.6 Å². The highest BCUT2D eigenvalue weighted by Crippen LogP contribution is 2.32. The summed E-state index contributed by atoms with van der Waals surface area (Å²) in [5.41, 5.74) is 1.24. The van der Waals surface area contributed by atoms with Crippen LogP contribution in [-0.2, 0) is 32.6 Å². The summed E-state index contributed by atoms with van der Waals surface area (Å²) in [5.74, 6) is -1.12. The van der Waals surface area contributed by atoms with Gasteiger partial charge in [-0.25, -0.2) is 8.42 Å². The number of hydrogen-bond donors (Lipinski definition) is 1. The predicted molar refractivity (Wildman–Crippen MR) is 154 cm³/mol. The minimum absolute atomic E-state index is 0.0327. The highest BCUT2D eigenvalue weighted by molar-refractivity contribution is 7.92. The van der Waals surface area contributed by atoms with Gasteiger partial charge in [-0.2, -0.15) is 0 Å². The molecule has 3 aromatic carbocycles. The molecule has 0 radical (unpaired) electrons. The summed E-state index contributed by atoms with van der Waals surface area (Å²) in [4.78, 5) is 28.3. The van der Waals surface area contributed by atoms with Crippen LogP contribution in [0.2, 0.25) is 20.1 Å². The smallest absolute Gasteiger partial charge is 0.244 e. The van der Waals surface area contributed by atoms with E-state index in [0.29, 0.717) is 15.6 Å². The number of benzene rings is 3. The SMILES string of the molecule is CNC(=O)C(Cc1ccccc1)N(Cc1c(Cl)cccc1Cl)C(=O)CN(c1cc(Cl)ccc1Cl)S(C)(=O)=O. The molecule has 0 aliphatic carbocycles. The maximum Gasteiger partial charge on any atom is 0.244 e. The molecule has 3 aromatic rings. The normalized spacial score (nSPS) is 12.1. The Labute approximate surface area is 242 Å². The van der Waals surface area contributed by atoms with Gasteiger partial charge in [-0.1, -0.05) is 82.8 Å². The first kappa shape index (κ1) is 30.1. The lowest BCUT2D eigenvalue weighted by atomic mass is 10.0. The number of nitrogens with zero attached hydrogens (tertiary/aromatic N) is 2. The van der Waals surface area contributed by atoms with Gasteiger partial charge in [0.2, 0.25) is 21.8 Å². The van der Waals surface area contributed by atoms with Crippen molar-refractivity contribution in [1.82, 2.24) is 10.2 Å². The Kier molecular flexibility index (Phi) is 10.3. The average Bonchev–Trinajstić information content (AvgIpc) is 2.87. The van der Waals surface area contributed by atoms with Crippen LogP contribution >= 0.6 is 46.4 Å². The summed E-state index contributed by atoms with van der Waals surface area (Å²) in [6.45, 7) is -0.799. The van der Waals surface area contributed by atoms with Crippen LogP contribution in [0.5, 0.6) is 0 Å². The lowest BCUT2D eigenvalue weighted by Gasteiger charge is -2.33. The zero-order valence-electron chi connectivity index (χ0n) is 20.5. The molecule has 2 amide bonds. The first-order valence-corrected chi connectivity index (χ1v) is 14.7. The Bertz CT molecular complexity index is 1400. The lowest BCUT2D eigenvalue weighted by molar-refractivity contribution is -0.139. The maximum absolute atomic E-state index is 13.9. The summed E-state index contributed by atoms with van der Waals surface area (Å²) >= 11 is 25.2. The number of hydrogen-bond acceptors (Lipinski definition) is 4. The van der Waals surface area contributed by atoms with Crippen LogP contribution in [0, 0.1) is 0 Å². The zero-order valence-corrected chi connectivity index (χ0v) is 24.3. The number of anilines is 1. The van der Waals surface area contributed by atoms with Gasteiger partial charge in [-0.15, -0.1) is 0 Å². The van der Waals surface area contributed by atoms with Crippen molar-refractivity contribution in [3.05, 3.63) is 97.9 Å². The molecule has 0 saturated carbocycles. The van der Waals surface area contributed by atoms with Crippen LogP contribution in [-0.4, -0.2) is 51.0 Å². The molecule has 0 heterocycles. The van der Waals surface area contributed by atoms with E-state index >= 15 is 0 Å². The first-order valence-electron chi connectivity index (χ1n) is 11.3. The molecule has 1 N–H and O–H groups in total. The largest absolute Gasteiger partial charge is 0.357 e. The maximum atomic E-state index is 13.9. The number of sulfonamides is 1. The van der Waals surface area contributed by atoms with Gasteiger partial charge in [-0.05, 0) is 35.9 Å². The Balaban J connectivity index is 2.10. The van der Waals surface area contributed by atoms with Crippen LogP contribution in [0.1, 0.15) is 11.1 Å². The quantitative estimate of drug-likeness (QED) is 0.328. The van der Waals surface area contributed by atoms with Gasteiger partial charge in [0.05, 0.1) is 17.0 Å². The molecule has 0 fully saturated rings. The highest BCUT2D eigenvalue weighted by Gasteiger charge is 2.33.